The lowest BCUT2D eigenvalue weighted by molar-refractivity contribution is 0.546. The Morgan fingerprint density at radius 2 is 1.82 bits per heavy atom. The number of hydrogen-bond acceptors (Lipinski definition) is 3. The van der Waals surface area contributed by atoms with E-state index in [1.807, 2.05) is 50.2 Å². The summed E-state index contributed by atoms with van der Waals surface area (Å²) in [6.45, 7) is 3.89. The molecule has 0 atom stereocenters. The molecule has 3 heterocycles. The van der Waals surface area contributed by atoms with E-state index in [1.54, 1.807) is 4.68 Å². The second kappa shape index (κ2) is 4.70. The van der Waals surface area contributed by atoms with Crippen LogP contribution in [0.5, 0.6) is 0 Å². The molecule has 22 heavy (non-hydrogen) atoms. The molecule has 0 fully saturated rings. The zero-order valence-electron chi connectivity index (χ0n) is 12.6. The summed E-state index contributed by atoms with van der Waals surface area (Å²) in [5.74, 6) is 1.66. The van der Waals surface area contributed by atoms with Crippen molar-refractivity contribution in [2.45, 2.75) is 26.7 Å². The number of benzene rings is 1. The Balaban J connectivity index is 2.19. The minimum absolute atomic E-state index is 0.0586. The lowest BCUT2D eigenvalue weighted by Crippen LogP contribution is -2.26. The Morgan fingerprint density at radius 3 is 2.55 bits per heavy atom. The third-order valence-corrected chi connectivity index (χ3v) is 4.14. The molecule has 2 aromatic heterocycles. The van der Waals surface area contributed by atoms with Crippen LogP contribution in [0.1, 0.15) is 24.8 Å². The van der Waals surface area contributed by atoms with Crippen molar-refractivity contribution in [3.05, 3.63) is 58.2 Å². The Morgan fingerprint density at radius 1 is 1.05 bits per heavy atom. The minimum atomic E-state index is -0.0586. The molecule has 0 saturated carbocycles. The van der Waals surface area contributed by atoms with Gasteiger partial charge in [-0.05, 0) is 44.9 Å². The molecule has 0 N–H and O–H groups in total. The first-order valence-corrected chi connectivity index (χ1v) is 7.43. The van der Waals surface area contributed by atoms with Gasteiger partial charge in [-0.25, -0.2) is 4.68 Å². The predicted molar refractivity (Wildman–Crippen MR) is 87.5 cm³/mol. The van der Waals surface area contributed by atoms with Gasteiger partial charge in [0.2, 0.25) is 0 Å². The van der Waals surface area contributed by atoms with Gasteiger partial charge in [0, 0.05) is 22.0 Å². The summed E-state index contributed by atoms with van der Waals surface area (Å²) in [5.41, 5.74) is 2.84. The summed E-state index contributed by atoms with van der Waals surface area (Å²) in [7, 11) is 0. The maximum atomic E-state index is 12.7. The van der Waals surface area contributed by atoms with E-state index in [2.05, 4.69) is 5.10 Å². The molecule has 1 aliphatic heterocycles. The van der Waals surface area contributed by atoms with E-state index in [4.69, 9.17) is 4.42 Å². The zero-order chi connectivity index (χ0) is 15.3. The molecule has 3 aromatic rings. The van der Waals surface area contributed by atoms with Gasteiger partial charge in [-0.2, -0.15) is 5.10 Å². The molecule has 4 heteroatoms. The van der Waals surface area contributed by atoms with E-state index < -0.39 is 0 Å². The first kappa shape index (κ1) is 13.1. The van der Waals surface area contributed by atoms with Crippen LogP contribution >= 0.6 is 0 Å². The third-order valence-electron chi connectivity index (χ3n) is 4.14. The van der Waals surface area contributed by atoms with Crippen LogP contribution < -0.4 is 5.56 Å². The maximum absolute atomic E-state index is 12.7. The van der Waals surface area contributed by atoms with E-state index >= 15 is 0 Å². The first-order valence-electron chi connectivity index (χ1n) is 7.43. The van der Waals surface area contributed by atoms with Crippen LogP contribution in [0.4, 0.5) is 0 Å². The van der Waals surface area contributed by atoms with E-state index in [0.717, 1.165) is 46.7 Å². The highest BCUT2D eigenvalue weighted by Gasteiger charge is 2.22. The van der Waals surface area contributed by atoms with Crippen LogP contribution in [0.3, 0.4) is 0 Å². The Kier molecular flexibility index (Phi) is 2.79. The van der Waals surface area contributed by atoms with E-state index in [0.29, 0.717) is 5.39 Å². The lowest BCUT2D eigenvalue weighted by atomic mass is 9.98. The summed E-state index contributed by atoms with van der Waals surface area (Å²) in [4.78, 5) is 12.7. The number of furan rings is 1. The average molecular weight is 292 g/mol. The number of rotatable bonds is 1. The highest BCUT2D eigenvalue weighted by atomic mass is 16.3. The number of nitrogens with zero attached hydrogens (tertiary/aromatic N) is 2. The van der Waals surface area contributed by atoms with Gasteiger partial charge in [-0.15, -0.1) is 0 Å². The molecule has 110 valence electrons. The number of aryl methyl sites for hydroxylation is 1. The maximum Gasteiger partial charge on any atom is 0.279 e. The summed E-state index contributed by atoms with van der Waals surface area (Å²) in [6.07, 6.45) is 1.66. The van der Waals surface area contributed by atoms with Crippen LogP contribution in [0.25, 0.3) is 22.1 Å². The van der Waals surface area contributed by atoms with Crippen molar-refractivity contribution < 1.29 is 4.42 Å². The molecule has 1 aromatic carbocycles. The van der Waals surface area contributed by atoms with Gasteiger partial charge in [0.25, 0.3) is 5.56 Å². The van der Waals surface area contributed by atoms with Gasteiger partial charge < -0.3 is 4.42 Å². The van der Waals surface area contributed by atoms with Crippen molar-refractivity contribution in [3.63, 3.8) is 0 Å². The highest BCUT2D eigenvalue weighted by Crippen LogP contribution is 2.33. The van der Waals surface area contributed by atoms with Crippen molar-refractivity contribution in [2.75, 3.05) is 0 Å². The van der Waals surface area contributed by atoms with Gasteiger partial charge in [0.05, 0.1) is 5.69 Å². The molecular weight excluding hydrogens is 276 g/mol. The minimum Gasteiger partial charge on any atom is -0.461 e. The SMILES string of the molecule is CC1=Nn2c(c(-c3ccc(C)o3)c3ccccc3c2=O)CC1. The van der Waals surface area contributed by atoms with E-state index in [1.165, 1.54) is 0 Å². The zero-order valence-corrected chi connectivity index (χ0v) is 12.6. The molecule has 0 spiro atoms. The van der Waals surface area contributed by atoms with Crippen molar-refractivity contribution in [2.24, 2.45) is 5.10 Å². The third kappa shape index (κ3) is 1.84. The Bertz CT molecular complexity index is 976. The number of pyridine rings is 1. The fraction of sp³-hybridized carbons (Fsp3) is 0.222. The fourth-order valence-corrected chi connectivity index (χ4v) is 3.09. The molecule has 1 aliphatic rings. The quantitative estimate of drug-likeness (QED) is 0.686. The average Bonchev–Trinajstić information content (AvgIpc) is 2.94. The van der Waals surface area contributed by atoms with Gasteiger partial charge in [0.15, 0.2) is 0 Å². The van der Waals surface area contributed by atoms with Crippen LogP contribution in [-0.2, 0) is 6.42 Å². The molecule has 4 rings (SSSR count). The Hall–Kier alpha value is -2.62. The number of hydrogen-bond donors (Lipinski definition) is 0. The summed E-state index contributed by atoms with van der Waals surface area (Å²) in [5, 5.41) is 6.08. The topological polar surface area (TPSA) is 47.5 Å². The predicted octanol–water partition coefficient (Wildman–Crippen LogP) is 3.74. The smallest absolute Gasteiger partial charge is 0.279 e. The van der Waals surface area contributed by atoms with Crippen LogP contribution in [0.15, 0.2) is 50.7 Å². The molecule has 0 aliphatic carbocycles. The largest absolute Gasteiger partial charge is 0.461 e. The van der Waals surface area contributed by atoms with Crippen LogP contribution in [-0.4, -0.2) is 10.4 Å². The molecule has 4 nitrogen and oxygen atoms in total. The normalized spacial score (nSPS) is 14.0. The van der Waals surface area contributed by atoms with Crippen molar-refractivity contribution in [1.82, 2.24) is 4.68 Å². The van der Waals surface area contributed by atoms with E-state index in [9.17, 15) is 4.79 Å². The molecule has 0 saturated heterocycles. The Labute approximate surface area is 127 Å². The van der Waals surface area contributed by atoms with Gasteiger partial charge in [0.1, 0.15) is 11.5 Å². The highest BCUT2D eigenvalue weighted by molar-refractivity contribution is 5.97. The second-order valence-corrected chi connectivity index (χ2v) is 5.73. The van der Waals surface area contributed by atoms with Crippen molar-refractivity contribution in [1.29, 1.82) is 0 Å². The standard InChI is InChI=1S/C18H16N2O2/c1-11-7-9-15-17(16-10-8-12(2)22-16)13-5-3-4-6-14(13)18(21)20(15)19-11/h3-6,8,10H,7,9H2,1-2H3. The summed E-state index contributed by atoms with van der Waals surface area (Å²) in [6, 6.07) is 11.6. The van der Waals surface area contributed by atoms with Gasteiger partial charge >= 0.3 is 0 Å². The summed E-state index contributed by atoms with van der Waals surface area (Å²) >= 11 is 0. The summed E-state index contributed by atoms with van der Waals surface area (Å²) < 4.78 is 7.40. The molecule has 0 radical (unpaired) electrons. The molecule has 0 bridgehead atoms. The molecule has 0 unspecified atom stereocenters. The van der Waals surface area contributed by atoms with Gasteiger partial charge in [-0.1, -0.05) is 18.2 Å². The van der Waals surface area contributed by atoms with Crippen molar-refractivity contribution >= 4 is 16.5 Å². The van der Waals surface area contributed by atoms with E-state index in [-0.39, 0.29) is 5.56 Å². The van der Waals surface area contributed by atoms with Crippen LogP contribution in [0, 0.1) is 6.92 Å². The second-order valence-electron chi connectivity index (χ2n) is 5.73. The van der Waals surface area contributed by atoms with Gasteiger partial charge in [-0.3, -0.25) is 4.79 Å². The van der Waals surface area contributed by atoms with Crippen LogP contribution in [0.2, 0.25) is 0 Å². The van der Waals surface area contributed by atoms with Crippen molar-refractivity contribution in [3.8, 4) is 11.3 Å². The monoisotopic (exact) mass is 292 g/mol. The molecule has 0 amide bonds. The molecular formula is C18H16N2O2. The first-order chi connectivity index (χ1) is 10.6. The fourth-order valence-electron chi connectivity index (χ4n) is 3.09. The lowest BCUT2D eigenvalue weighted by Gasteiger charge is -2.19. The number of fused-ring (bicyclic) bond motifs is 2. The number of aromatic nitrogens is 1.